The number of hydrogen-bond acceptors (Lipinski definition) is 5. The number of thiophene rings is 1. The topological polar surface area (TPSA) is 65.3 Å². The fourth-order valence-electron chi connectivity index (χ4n) is 1.77. The first-order valence-corrected chi connectivity index (χ1v) is 7.54. The van der Waals surface area contributed by atoms with E-state index in [1.54, 1.807) is 23.5 Å². The lowest BCUT2D eigenvalue weighted by molar-refractivity contribution is 0.371. The number of phenolic OH excluding ortho intramolecular Hbond substituents is 1. The minimum atomic E-state index is -0.470. The molecule has 6 heteroatoms. The van der Waals surface area contributed by atoms with Gasteiger partial charge in [0, 0.05) is 11.4 Å². The molecule has 20 heavy (non-hydrogen) atoms. The summed E-state index contributed by atoms with van der Waals surface area (Å²) in [6.45, 7) is 0.622. The quantitative estimate of drug-likeness (QED) is 0.862. The summed E-state index contributed by atoms with van der Waals surface area (Å²) in [5.41, 5.74) is 0.741. The second kappa shape index (κ2) is 6.75. The van der Waals surface area contributed by atoms with Crippen LogP contribution in [0.15, 0.2) is 34.1 Å². The van der Waals surface area contributed by atoms with Gasteiger partial charge in [-0.3, -0.25) is 5.32 Å². The van der Waals surface area contributed by atoms with Gasteiger partial charge >= 0.3 is 0 Å². The molecule has 1 atom stereocenters. The third kappa shape index (κ3) is 3.31. The Balaban J connectivity index is 2.19. The Bertz CT molecular complexity index is 623. The van der Waals surface area contributed by atoms with Crippen molar-refractivity contribution in [3.63, 3.8) is 0 Å². The fourth-order valence-corrected chi connectivity index (χ4v) is 2.89. The summed E-state index contributed by atoms with van der Waals surface area (Å²) in [6, 6.07) is 9.11. The van der Waals surface area contributed by atoms with Gasteiger partial charge in [-0.15, -0.1) is 11.3 Å². The van der Waals surface area contributed by atoms with E-state index in [4.69, 9.17) is 4.74 Å². The zero-order chi connectivity index (χ0) is 14.5. The van der Waals surface area contributed by atoms with Gasteiger partial charge in [0.25, 0.3) is 0 Å². The van der Waals surface area contributed by atoms with Gasteiger partial charge in [-0.2, -0.15) is 5.26 Å². The normalized spacial score (nSPS) is 11.8. The van der Waals surface area contributed by atoms with E-state index in [9.17, 15) is 10.4 Å². The largest absolute Gasteiger partial charge is 0.503 e. The maximum absolute atomic E-state index is 9.78. The third-order valence-corrected chi connectivity index (χ3v) is 4.27. The SMILES string of the molecule is COc1cc(C(C#N)NCc2cccs2)cc(Br)c1O. The van der Waals surface area contributed by atoms with Crippen LogP contribution in [0.2, 0.25) is 0 Å². The van der Waals surface area contributed by atoms with Crippen molar-refractivity contribution in [1.29, 1.82) is 5.26 Å². The number of phenols is 1. The molecule has 0 bridgehead atoms. The Morgan fingerprint density at radius 3 is 2.95 bits per heavy atom. The van der Waals surface area contributed by atoms with Crippen LogP contribution in [0.1, 0.15) is 16.5 Å². The van der Waals surface area contributed by atoms with Gasteiger partial charge < -0.3 is 9.84 Å². The van der Waals surface area contributed by atoms with Gasteiger partial charge in [0.2, 0.25) is 0 Å². The summed E-state index contributed by atoms with van der Waals surface area (Å²) < 4.78 is 5.60. The van der Waals surface area contributed by atoms with Crippen molar-refractivity contribution < 1.29 is 9.84 Å². The molecule has 0 fully saturated rings. The molecule has 4 nitrogen and oxygen atoms in total. The number of nitrogens with one attached hydrogen (secondary N) is 1. The summed E-state index contributed by atoms with van der Waals surface area (Å²) in [7, 11) is 1.48. The van der Waals surface area contributed by atoms with Gasteiger partial charge in [-0.05, 0) is 45.1 Å². The Morgan fingerprint density at radius 2 is 2.35 bits per heavy atom. The predicted octanol–water partition coefficient (Wildman–Crippen LogP) is 3.58. The van der Waals surface area contributed by atoms with E-state index >= 15 is 0 Å². The number of halogens is 1. The standard InChI is InChI=1S/C14H13BrN2O2S/c1-19-13-6-9(5-11(15)14(13)18)12(7-16)17-8-10-3-2-4-20-10/h2-6,12,17-18H,8H2,1H3. The third-order valence-electron chi connectivity index (χ3n) is 2.79. The van der Waals surface area contributed by atoms with Crippen LogP contribution in [0.5, 0.6) is 11.5 Å². The van der Waals surface area contributed by atoms with E-state index in [0.29, 0.717) is 16.8 Å². The van der Waals surface area contributed by atoms with Gasteiger partial charge in [-0.1, -0.05) is 6.07 Å². The molecule has 0 saturated heterocycles. The molecule has 2 aromatic rings. The Kier molecular flexibility index (Phi) is 5.01. The van der Waals surface area contributed by atoms with Gasteiger partial charge in [0.15, 0.2) is 11.5 Å². The Labute approximate surface area is 129 Å². The first-order valence-electron chi connectivity index (χ1n) is 5.87. The molecule has 0 aliphatic rings. The smallest absolute Gasteiger partial charge is 0.172 e. The summed E-state index contributed by atoms with van der Waals surface area (Å²) in [4.78, 5) is 1.16. The molecule has 0 spiro atoms. The second-order valence-corrected chi connectivity index (χ2v) is 5.96. The molecular formula is C14H13BrN2O2S. The van der Waals surface area contributed by atoms with Crippen LogP contribution < -0.4 is 10.1 Å². The van der Waals surface area contributed by atoms with E-state index in [1.165, 1.54) is 7.11 Å². The number of benzene rings is 1. The van der Waals surface area contributed by atoms with Gasteiger partial charge in [-0.25, -0.2) is 0 Å². The van der Waals surface area contributed by atoms with Crippen molar-refractivity contribution in [2.24, 2.45) is 0 Å². The molecule has 0 radical (unpaired) electrons. The molecule has 0 saturated carbocycles. The van der Waals surface area contributed by atoms with Crippen molar-refractivity contribution in [3.05, 3.63) is 44.6 Å². The minimum absolute atomic E-state index is 0.0335. The lowest BCUT2D eigenvalue weighted by atomic mass is 10.1. The van der Waals surface area contributed by atoms with E-state index in [1.807, 2.05) is 17.5 Å². The van der Waals surface area contributed by atoms with Crippen LogP contribution in [0, 0.1) is 11.3 Å². The fraction of sp³-hybridized carbons (Fsp3) is 0.214. The average molecular weight is 353 g/mol. The highest BCUT2D eigenvalue weighted by Crippen LogP contribution is 2.36. The van der Waals surface area contributed by atoms with E-state index in [0.717, 1.165) is 10.4 Å². The van der Waals surface area contributed by atoms with E-state index in [-0.39, 0.29) is 5.75 Å². The predicted molar refractivity (Wildman–Crippen MR) is 81.9 cm³/mol. The number of hydrogen-bond donors (Lipinski definition) is 2. The zero-order valence-electron chi connectivity index (χ0n) is 10.8. The number of nitriles is 1. The second-order valence-electron chi connectivity index (χ2n) is 4.08. The van der Waals surface area contributed by atoms with E-state index in [2.05, 4.69) is 27.3 Å². The first-order chi connectivity index (χ1) is 9.65. The van der Waals surface area contributed by atoms with Crippen LogP contribution in [0.3, 0.4) is 0 Å². The zero-order valence-corrected chi connectivity index (χ0v) is 13.2. The summed E-state index contributed by atoms with van der Waals surface area (Å²) in [5, 5.41) is 24.3. The summed E-state index contributed by atoms with van der Waals surface area (Å²) in [6.07, 6.45) is 0. The molecule has 0 aliphatic carbocycles. The molecule has 1 heterocycles. The number of aromatic hydroxyl groups is 1. The number of rotatable bonds is 5. The Morgan fingerprint density at radius 1 is 1.55 bits per heavy atom. The van der Waals surface area contributed by atoms with Gasteiger partial charge in [0.1, 0.15) is 6.04 Å². The van der Waals surface area contributed by atoms with Crippen molar-refractivity contribution >= 4 is 27.3 Å². The molecule has 104 valence electrons. The van der Waals surface area contributed by atoms with E-state index < -0.39 is 6.04 Å². The van der Waals surface area contributed by atoms with Gasteiger partial charge in [0.05, 0.1) is 17.7 Å². The summed E-state index contributed by atoms with van der Waals surface area (Å²) in [5.74, 6) is 0.374. The highest BCUT2D eigenvalue weighted by Gasteiger charge is 2.15. The summed E-state index contributed by atoms with van der Waals surface area (Å²) >= 11 is 4.90. The molecule has 0 amide bonds. The monoisotopic (exact) mass is 352 g/mol. The van der Waals surface area contributed by atoms with Crippen molar-refractivity contribution in [1.82, 2.24) is 5.32 Å². The highest BCUT2D eigenvalue weighted by molar-refractivity contribution is 9.10. The Hall–Kier alpha value is -1.55. The highest BCUT2D eigenvalue weighted by atomic mass is 79.9. The van der Waals surface area contributed by atoms with Crippen molar-refractivity contribution in [2.45, 2.75) is 12.6 Å². The maximum Gasteiger partial charge on any atom is 0.172 e. The minimum Gasteiger partial charge on any atom is -0.503 e. The van der Waals surface area contributed by atoms with Crippen molar-refractivity contribution in [3.8, 4) is 17.6 Å². The van der Waals surface area contributed by atoms with Crippen LogP contribution in [-0.4, -0.2) is 12.2 Å². The maximum atomic E-state index is 9.78. The average Bonchev–Trinajstić information content (AvgIpc) is 2.96. The number of nitrogens with zero attached hydrogens (tertiary/aromatic N) is 1. The molecule has 1 aromatic carbocycles. The molecule has 1 unspecified atom stereocenters. The van der Waals surface area contributed by atoms with Crippen LogP contribution in [0.25, 0.3) is 0 Å². The molecule has 0 aliphatic heterocycles. The van der Waals surface area contributed by atoms with Crippen LogP contribution >= 0.6 is 27.3 Å². The van der Waals surface area contributed by atoms with Crippen LogP contribution in [-0.2, 0) is 6.54 Å². The lowest BCUT2D eigenvalue weighted by Gasteiger charge is -2.14. The van der Waals surface area contributed by atoms with Crippen LogP contribution in [0.4, 0.5) is 0 Å². The number of methoxy groups -OCH3 is 1. The number of ether oxygens (including phenoxy) is 1. The first kappa shape index (κ1) is 14.9. The molecule has 2 N–H and O–H groups in total. The molecule has 2 rings (SSSR count). The molecular weight excluding hydrogens is 340 g/mol. The van der Waals surface area contributed by atoms with Crippen molar-refractivity contribution in [2.75, 3.05) is 7.11 Å². The lowest BCUT2D eigenvalue weighted by Crippen LogP contribution is -2.19. The molecule has 1 aromatic heterocycles.